The average Bonchev–Trinajstić information content (AvgIpc) is 3.13. The largest absolute Gasteiger partial charge is 0.459 e. The second-order valence-corrected chi connectivity index (χ2v) is 5.26. The predicted molar refractivity (Wildman–Crippen MR) is 90.8 cm³/mol. The van der Waals surface area contributed by atoms with Crippen molar-refractivity contribution in [1.82, 2.24) is 10.3 Å². The van der Waals surface area contributed by atoms with Gasteiger partial charge in [0, 0.05) is 31.6 Å². The first-order chi connectivity index (χ1) is 11.7. The van der Waals surface area contributed by atoms with E-state index in [1.807, 2.05) is 30.3 Å². The number of hydrogen-bond acceptors (Lipinski definition) is 4. The van der Waals surface area contributed by atoms with E-state index < -0.39 is 0 Å². The second kappa shape index (κ2) is 6.95. The third kappa shape index (κ3) is 3.27. The van der Waals surface area contributed by atoms with E-state index in [4.69, 9.17) is 4.42 Å². The second-order valence-electron chi connectivity index (χ2n) is 5.26. The SMILES string of the molecule is CC(=O)N(CCNC(=O)c1ccco1)c1cccc2cccnc12. The van der Waals surface area contributed by atoms with Crippen molar-refractivity contribution in [1.29, 1.82) is 0 Å². The smallest absolute Gasteiger partial charge is 0.287 e. The van der Waals surface area contributed by atoms with Gasteiger partial charge in [0.2, 0.25) is 5.91 Å². The van der Waals surface area contributed by atoms with Crippen molar-refractivity contribution in [2.75, 3.05) is 18.0 Å². The number of benzene rings is 1. The molecule has 1 aromatic carbocycles. The molecule has 0 fully saturated rings. The molecule has 0 atom stereocenters. The van der Waals surface area contributed by atoms with E-state index in [0.717, 1.165) is 16.6 Å². The zero-order valence-corrected chi connectivity index (χ0v) is 13.2. The van der Waals surface area contributed by atoms with Crippen molar-refractivity contribution in [2.45, 2.75) is 6.92 Å². The Morgan fingerprint density at radius 3 is 2.75 bits per heavy atom. The Bertz CT molecular complexity index is 854. The number of para-hydroxylation sites is 1. The van der Waals surface area contributed by atoms with Gasteiger partial charge in [0.25, 0.3) is 5.91 Å². The molecule has 0 saturated heterocycles. The number of carbonyl (C=O) groups is 2. The normalized spacial score (nSPS) is 10.5. The Morgan fingerprint density at radius 2 is 2.00 bits per heavy atom. The van der Waals surface area contributed by atoms with E-state index in [9.17, 15) is 9.59 Å². The monoisotopic (exact) mass is 323 g/mol. The van der Waals surface area contributed by atoms with Crippen LogP contribution in [0.25, 0.3) is 10.9 Å². The minimum Gasteiger partial charge on any atom is -0.459 e. The quantitative estimate of drug-likeness (QED) is 0.783. The van der Waals surface area contributed by atoms with Gasteiger partial charge in [-0.1, -0.05) is 18.2 Å². The van der Waals surface area contributed by atoms with E-state index in [2.05, 4.69) is 10.3 Å². The van der Waals surface area contributed by atoms with Crippen molar-refractivity contribution >= 4 is 28.4 Å². The molecule has 0 bridgehead atoms. The Balaban J connectivity index is 1.75. The van der Waals surface area contributed by atoms with Crippen LogP contribution < -0.4 is 10.2 Å². The first-order valence-corrected chi connectivity index (χ1v) is 7.60. The lowest BCUT2D eigenvalue weighted by molar-refractivity contribution is -0.116. The molecule has 0 unspecified atom stereocenters. The molecule has 0 aliphatic carbocycles. The number of rotatable bonds is 5. The van der Waals surface area contributed by atoms with Gasteiger partial charge in [-0.05, 0) is 24.3 Å². The number of nitrogens with zero attached hydrogens (tertiary/aromatic N) is 2. The first kappa shape index (κ1) is 15.7. The van der Waals surface area contributed by atoms with Crippen LogP contribution in [0.1, 0.15) is 17.5 Å². The summed E-state index contributed by atoms with van der Waals surface area (Å²) in [4.78, 5) is 29.9. The molecule has 0 aliphatic rings. The van der Waals surface area contributed by atoms with Crippen LogP contribution in [0.15, 0.2) is 59.3 Å². The van der Waals surface area contributed by atoms with E-state index in [1.54, 1.807) is 23.2 Å². The van der Waals surface area contributed by atoms with E-state index >= 15 is 0 Å². The highest BCUT2D eigenvalue weighted by atomic mass is 16.3. The maximum Gasteiger partial charge on any atom is 0.287 e. The summed E-state index contributed by atoms with van der Waals surface area (Å²) in [6.07, 6.45) is 3.14. The third-order valence-corrected chi connectivity index (χ3v) is 3.65. The zero-order valence-electron chi connectivity index (χ0n) is 13.2. The van der Waals surface area contributed by atoms with Gasteiger partial charge in [-0.3, -0.25) is 14.6 Å². The van der Waals surface area contributed by atoms with Gasteiger partial charge in [-0.15, -0.1) is 0 Å². The predicted octanol–water partition coefficient (Wildman–Crippen LogP) is 2.61. The van der Waals surface area contributed by atoms with E-state index in [1.165, 1.54) is 13.2 Å². The molecule has 0 saturated carbocycles. The molecule has 2 heterocycles. The fourth-order valence-corrected chi connectivity index (χ4v) is 2.53. The van der Waals surface area contributed by atoms with Crippen LogP contribution >= 0.6 is 0 Å². The molecule has 0 radical (unpaired) electrons. The van der Waals surface area contributed by atoms with Crippen LogP contribution in [0.5, 0.6) is 0 Å². The van der Waals surface area contributed by atoms with Gasteiger partial charge in [-0.25, -0.2) is 0 Å². The Hall–Kier alpha value is -3.15. The highest BCUT2D eigenvalue weighted by Crippen LogP contribution is 2.24. The number of hydrogen-bond donors (Lipinski definition) is 1. The molecule has 0 spiro atoms. The molecule has 2 amide bonds. The van der Waals surface area contributed by atoms with Gasteiger partial charge in [-0.2, -0.15) is 0 Å². The van der Waals surface area contributed by atoms with Gasteiger partial charge < -0.3 is 14.6 Å². The van der Waals surface area contributed by atoms with Crippen LogP contribution in [-0.4, -0.2) is 29.9 Å². The number of nitrogens with one attached hydrogen (secondary N) is 1. The number of aromatic nitrogens is 1. The number of furan rings is 1. The summed E-state index contributed by atoms with van der Waals surface area (Å²) in [6.45, 7) is 2.15. The summed E-state index contributed by atoms with van der Waals surface area (Å²) in [7, 11) is 0. The van der Waals surface area contributed by atoms with Gasteiger partial charge in [0.1, 0.15) is 0 Å². The van der Waals surface area contributed by atoms with Crippen LogP contribution in [0.2, 0.25) is 0 Å². The summed E-state index contributed by atoms with van der Waals surface area (Å²) in [5, 5.41) is 3.70. The van der Waals surface area contributed by atoms with Crippen molar-refractivity contribution in [3.63, 3.8) is 0 Å². The van der Waals surface area contributed by atoms with Crippen molar-refractivity contribution < 1.29 is 14.0 Å². The minimum atomic E-state index is -0.306. The Labute approximate surface area is 139 Å². The summed E-state index contributed by atoms with van der Waals surface area (Å²) in [5.74, 6) is -0.170. The molecule has 3 rings (SSSR count). The van der Waals surface area contributed by atoms with Gasteiger partial charge in [0.05, 0.1) is 17.5 Å². The summed E-state index contributed by atoms with van der Waals surface area (Å²) < 4.78 is 5.04. The van der Waals surface area contributed by atoms with Crippen LogP contribution in [0.3, 0.4) is 0 Å². The van der Waals surface area contributed by atoms with Gasteiger partial charge in [0.15, 0.2) is 5.76 Å². The molecule has 6 heteroatoms. The fraction of sp³-hybridized carbons (Fsp3) is 0.167. The van der Waals surface area contributed by atoms with Gasteiger partial charge >= 0.3 is 0 Å². The topological polar surface area (TPSA) is 75.4 Å². The lowest BCUT2D eigenvalue weighted by Crippen LogP contribution is -2.37. The maximum absolute atomic E-state index is 12.1. The van der Waals surface area contributed by atoms with Crippen LogP contribution in [-0.2, 0) is 4.79 Å². The first-order valence-electron chi connectivity index (χ1n) is 7.60. The number of anilines is 1. The zero-order chi connectivity index (χ0) is 16.9. The molecular weight excluding hydrogens is 306 g/mol. The average molecular weight is 323 g/mol. The maximum atomic E-state index is 12.1. The molecule has 0 aliphatic heterocycles. The van der Waals surface area contributed by atoms with Crippen LogP contribution in [0.4, 0.5) is 5.69 Å². The summed E-state index contributed by atoms with van der Waals surface area (Å²) >= 11 is 0. The standard InChI is InChI=1S/C18H17N3O3/c1-13(22)21(11-10-20-18(23)16-8-4-12-24-16)15-7-2-5-14-6-3-9-19-17(14)15/h2-9,12H,10-11H2,1H3,(H,20,23). The Morgan fingerprint density at radius 1 is 1.17 bits per heavy atom. The number of fused-ring (bicyclic) bond motifs is 1. The van der Waals surface area contributed by atoms with Crippen molar-refractivity contribution in [3.05, 3.63) is 60.7 Å². The summed E-state index contributed by atoms with van der Waals surface area (Å²) in [6, 6.07) is 12.7. The lowest BCUT2D eigenvalue weighted by Gasteiger charge is -2.22. The molecule has 3 aromatic rings. The highest BCUT2D eigenvalue weighted by molar-refractivity contribution is 6.01. The lowest BCUT2D eigenvalue weighted by atomic mass is 10.1. The molecule has 24 heavy (non-hydrogen) atoms. The molecular formula is C18H17N3O3. The highest BCUT2D eigenvalue weighted by Gasteiger charge is 2.16. The molecule has 6 nitrogen and oxygen atoms in total. The van der Waals surface area contributed by atoms with Crippen LogP contribution in [0, 0.1) is 0 Å². The van der Waals surface area contributed by atoms with Crippen molar-refractivity contribution in [2.24, 2.45) is 0 Å². The number of amides is 2. The minimum absolute atomic E-state index is 0.111. The summed E-state index contributed by atoms with van der Waals surface area (Å²) in [5.41, 5.74) is 1.49. The number of pyridine rings is 1. The molecule has 1 N–H and O–H groups in total. The Kier molecular flexibility index (Phi) is 4.56. The third-order valence-electron chi connectivity index (χ3n) is 3.65. The fourth-order valence-electron chi connectivity index (χ4n) is 2.53. The van der Waals surface area contributed by atoms with Crippen molar-refractivity contribution in [3.8, 4) is 0 Å². The molecule has 122 valence electrons. The molecule has 2 aromatic heterocycles. The van der Waals surface area contributed by atoms with E-state index in [-0.39, 0.29) is 17.6 Å². The number of carbonyl (C=O) groups excluding carboxylic acids is 2. The van der Waals surface area contributed by atoms with E-state index in [0.29, 0.717) is 13.1 Å².